The van der Waals surface area contributed by atoms with E-state index in [1.807, 2.05) is 49.0 Å². The minimum atomic E-state index is -0.367. The highest BCUT2D eigenvalue weighted by Crippen LogP contribution is 2.09. The van der Waals surface area contributed by atoms with E-state index in [0.717, 1.165) is 50.5 Å². The number of benzene rings is 1. The summed E-state index contributed by atoms with van der Waals surface area (Å²) in [6.07, 6.45) is 1.25. The molecule has 0 amide bonds. The SMILES string of the molecule is CC(=O)c1ccc(Cn2cc(CN3CCN(C[C@H](C)O)CCN(C[C@H](C)O)CC3)nn2)cc1. The Hall–Kier alpha value is -2.17. The van der Waals surface area contributed by atoms with Gasteiger partial charge in [-0.05, 0) is 26.3 Å². The van der Waals surface area contributed by atoms with Crippen molar-refractivity contribution < 1.29 is 15.0 Å². The van der Waals surface area contributed by atoms with Gasteiger partial charge in [-0.15, -0.1) is 5.10 Å². The molecule has 0 radical (unpaired) electrons. The van der Waals surface area contributed by atoms with Crippen molar-refractivity contribution in [1.82, 2.24) is 29.7 Å². The Morgan fingerprint density at radius 3 is 1.88 bits per heavy atom. The Bertz CT molecular complexity index is 845. The highest BCUT2D eigenvalue weighted by Gasteiger charge is 2.19. The molecular formula is C24H38N6O3. The van der Waals surface area contributed by atoms with Gasteiger partial charge in [-0.2, -0.15) is 0 Å². The van der Waals surface area contributed by atoms with Crippen molar-refractivity contribution >= 4 is 5.78 Å². The number of carbonyl (C=O) groups excluding carboxylic acids is 1. The Balaban J connectivity index is 1.61. The van der Waals surface area contributed by atoms with Crippen LogP contribution >= 0.6 is 0 Å². The fourth-order valence-electron chi connectivity index (χ4n) is 4.20. The van der Waals surface area contributed by atoms with Gasteiger partial charge in [0.15, 0.2) is 5.78 Å². The van der Waals surface area contributed by atoms with Gasteiger partial charge in [0.2, 0.25) is 0 Å². The van der Waals surface area contributed by atoms with Crippen molar-refractivity contribution in [2.24, 2.45) is 0 Å². The summed E-state index contributed by atoms with van der Waals surface area (Å²) in [6, 6.07) is 7.59. The summed E-state index contributed by atoms with van der Waals surface area (Å²) >= 11 is 0. The molecule has 1 saturated heterocycles. The standard InChI is InChI=1S/C24H38N6O3/c1-19(31)14-27-8-9-28(15-20(2)32)11-13-29(12-10-27)17-24-18-30(26-25-24)16-22-4-6-23(7-5-22)21(3)33/h4-7,18-20,31-32H,8-17H2,1-3H3/t19-,20-/m0/s1. The van der Waals surface area contributed by atoms with Crippen molar-refractivity contribution in [3.05, 3.63) is 47.3 Å². The Morgan fingerprint density at radius 1 is 0.879 bits per heavy atom. The average molecular weight is 459 g/mol. The van der Waals surface area contributed by atoms with Crippen molar-refractivity contribution in [3.63, 3.8) is 0 Å². The van der Waals surface area contributed by atoms with Gasteiger partial charge < -0.3 is 10.2 Å². The van der Waals surface area contributed by atoms with E-state index in [9.17, 15) is 15.0 Å². The fourth-order valence-corrected chi connectivity index (χ4v) is 4.20. The molecule has 33 heavy (non-hydrogen) atoms. The predicted octanol–water partition coefficient (Wildman–Crippen LogP) is 0.710. The molecule has 0 bridgehead atoms. The number of hydrogen-bond donors (Lipinski definition) is 2. The fraction of sp³-hybridized carbons (Fsp3) is 0.625. The van der Waals surface area contributed by atoms with Crippen LogP contribution in [0.5, 0.6) is 0 Å². The van der Waals surface area contributed by atoms with Crippen LogP contribution in [0.25, 0.3) is 0 Å². The highest BCUT2D eigenvalue weighted by atomic mass is 16.3. The molecular weight excluding hydrogens is 420 g/mol. The number of hydrogen-bond acceptors (Lipinski definition) is 8. The first-order valence-electron chi connectivity index (χ1n) is 11.8. The molecule has 1 aromatic carbocycles. The number of aliphatic hydroxyl groups excluding tert-OH is 2. The Morgan fingerprint density at radius 2 is 1.39 bits per heavy atom. The monoisotopic (exact) mass is 458 g/mol. The van der Waals surface area contributed by atoms with E-state index in [1.54, 1.807) is 6.92 Å². The van der Waals surface area contributed by atoms with E-state index in [1.165, 1.54) is 0 Å². The van der Waals surface area contributed by atoms with E-state index >= 15 is 0 Å². The maximum Gasteiger partial charge on any atom is 0.159 e. The number of β-amino-alcohol motifs (C(OH)–C–C–N with tert-alkyl or cyclic N) is 2. The van der Waals surface area contributed by atoms with Crippen molar-refractivity contribution in [1.29, 1.82) is 0 Å². The molecule has 2 N–H and O–H groups in total. The van der Waals surface area contributed by atoms with Crippen LogP contribution in [0, 0.1) is 0 Å². The first-order chi connectivity index (χ1) is 15.8. The summed E-state index contributed by atoms with van der Waals surface area (Å²) in [6.45, 7) is 13.1. The molecule has 3 rings (SSSR count). The quantitative estimate of drug-likeness (QED) is 0.531. The number of Topliss-reactive ketones (excluding diaryl/α,β-unsaturated/α-hetero) is 1. The van der Waals surface area contributed by atoms with Crippen LogP contribution in [-0.4, -0.2) is 110 Å². The number of aromatic nitrogens is 3. The maximum atomic E-state index is 11.5. The second-order valence-electron chi connectivity index (χ2n) is 9.24. The van der Waals surface area contributed by atoms with E-state index in [-0.39, 0.29) is 18.0 Å². The summed E-state index contributed by atoms with van der Waals surface area (Å²) < 4.78 is 1.83. The predicted molar refractivity (Wildman–Crippen MR) is 127 cm³/mol. The largest absolute Gasteiger partial charge is 0.392 e. The number of nitrogens with zero attached hydrogens (tertiary/aromatic N) is 6. The van der Waals surface area contributed by atoms with Gasteiger partial charge in [0.05, 0.1) is 30.6 Å². The van der Waals surface area contributed by atoms with Gasteiger partial charge >= 0.3 is 0 Å². The maximum absolute atomic E-state index is 11.5. The molecule has 1 aliphatic heterocycles. The summed E-state index contributed by atoms with van der Waals surface area (Å²) in [5.74, 6) is 0.0627. The lowest BCUT2D eigenvalue weighted by Gasteiger charge is -2.27. The molecule has 9 nitrogen and oxygen atoms in total. The topological polar surface area (TPSA) is 98.0 Å². The van der Waals surface area contributed by atoms with E-state index in [4.69, 9.17) is 0 Å². The molecule has 0 unspecified atom stereocenters. The molecule has 1 aliphatic rings. The van der Waals surface area contributed by atoms with E-state index < -0.39 is 0 Å². The number of rotatable bonds is 9. The Kier molecular flexibility index (Phi) is 9.52. The number of carbonyl (C=O) groups is 1. The van der Waals surface area contributed by atoms with E-state index in [2.05, 4.69) is 25.0 Å². The molecule has 182 valence electrons. The molecule has 2 atom stereocenters. The van der Waals surface area contributed by atoms with Gasteiger partial charge in [0.1, 0.15) is 0 Å². The third kappa shape index (κ3) is 8.60. The summed E-state index contributed by atoms with van der Waals surface area (Å²) in [5, 5.41) is 28.4. The molecule has 2 heterocycles. The number of ketones is 1. The van der Waals surface area contributed by atoms with Crippen LogP contribution in [0.15, 0.2) is 30.5 Å². The van der Waals surface area contributed by atoms with Crippen molar-refractivity contribution in [2.45, 2.75) is 46.1 Å². The lowest BCUT2D eigenvalue weighted by molar-refractivity contribution is 0.101. The third-order valence-electron chi connectivity index (χ3n) is 5.92. The zero-order valence-electron chi connectivity index (χ0n) is 20.1. The second-order valence-corrected chi connectivity index (χ2v) is 9.24. The van der Waals surface area contributed by atoms with Gasteiger partial charge in [-0.25, -0.2) is 4.68 Å². The molecule has 1 aromatic heterocycles. The van der Waals surface area contributed by atoms with Gasteiger partial charge in [0, 0.05) is 64.5 Å². The summed E-state index contributed by atoms with van der Waals surface area (Å²) in [7, 11) is 0. The zero-order chi connectivity index (χ0) is 23.8. The second kappa shape index (κ2) is 12.3. The lowest BCUT2D eigenvalue weighted by Crippen LogP contribution is -2.41. The average Bonchev–Trinajstić information content (AvgIpc) is 3.21. The van der Waals surface area contributed by atoms with Crippen LogP contribution in [0.1, 0.15) is 42.4 Å². The van der Waals surface area contributed by atoms with Gasteiger partial charge in [0.25, 0.3) is 0 Å². The third-order valence-corrected chi connectivity index (χ3v) is 5.92. The molecule has 0 aliphatic carbocycles. The van der Waals surface area contributed by atoms with Crippen LogP contribution in [0.3, 0.4) is 0 Å². The first-order valence-corrected chi connectivity index (χ1v) is 11.8. The van der Waals surface area contributed by atoms with E-state index in [0.29, 0.717) is 31.7 Å². The van der Waals surface area contributed by atoms with Crippen molar-refractivity contribution in [2.75, 3.05) is 52.4 Å². The molecule has 2 aromatic rings. The van der Waals surface area contributed by atoms with Crippen LogP contribution in [0.2, 0.25) is 0 Å². The first kappa shape index (κ1) is 25.5. The summed E-state index contributed by atoms with van der Waals surface area (Å²) in [4.78, 5) is 18.4. The molecule has 0 saturated carbocycles. The molecule has 1 fully saturated rings. The lowest BCUT2D eigenvalue weighted by atomic mass is 10.1. The zero-order valence-corrected chi connectivity index (χ0v) is 20.1. The summed E-state index contributed by atoms with van der Waals surface area (Å²) in [5.41, 5.74) is 2.70. The van der Waals surface area contributed by atoms with Gasteiger partial charge in [-0.3, -0.25) is 19.5 Å². The highest BCUT2D eigenvalue weighted by molar-refractivity contribution is 5.93. The Labute approximate surface area is 196 Å². The molecule has 9 heteroatoms. The normalized spacial score (nSPS) is 18.9. The molecule has 0 spiro atoms. The van der Waals surface area contributed by atoms with Crippen molar-refractivity contribution in [3.8, 4) is 0 Å². The minimum absolute atomic E-state index is 0.0627. The van der Waals surface area contributed by atoms with Crippen LogP contribution < -0.4 is 0 Å². The smallest absolute Gasteiger partial charge is 0.159 e. The minimum Gasteiger partial charge on any atom is -0.392 e. The van der Waals surface area contributed by atoms with Crippen LogP contribution in [0.4, 0.5) is 0 Å². The van der Waals surface area contributed by atoms with Gasteiger partial charge in [-0.1, -0.05) is 29.5 Å². The number of aliphatic hydroxyl groups is 2. The van der Waals surface area contributed by atoms with Crippen LogP contribution in [-0.2, 0) is 13.1 Å².